The topological polar surface area (TPSA) is 42.4 Å². The van der Waals surface area contributed by atoms with Crippen molar-refractivity contribution in [3.8, 4) is 5.75 Å². The molecule has 0 amide bonds. The van der Waals surface area contributed by atoms with Crippen LogP contribution in [0.5, 0.6) is 5.75 Å². The monoisotopic (exact) mass is 439 g/mol. The highest BCUT2D eigenvalue weighted by Crippen LogP contribution is 2.52. The standard InChI is InChI=1S/C22H18ClF4NO2/c1-12-4-3-5-15-13(8-18(23)28-19(12)15)10-21(29,22(25,26)27)11-20(2)16-9-14(24)6-7-17(16)30-20/h3-9,29H,10-11H2,1-2H3. The maximum absolute atomic E-state index is 14.1. The molecule has 2 heterocycles. The van der Waals surface area contributed by atoms with Crippen molar-refractivity contribution in [1.82, 2.24) is 4.98 Å². The smallest absolute Gasteiger partial charge is 0.417 e. The lowest BCUT2D eigenvalue weighted by atomic mass is 9.76. The molecular weight excluding hydrogens is 422 g/mol. The van der Waals surface area contributed by atoms with Crippen molar-refractivity contribution in [2.45, 2.75) is 44.1 Å². The number of fused-ring (bicyclic) bond motifs is 2. The summed E-state index contributed by atoms with van der Waals surface area (Å²) in [6.45, 7) is 3.19. The van der Waals surface area contributed by atoms with Gasteiger partial charge in [0.25, 0.3) is 0 Å². The van der Waals surface area contributed by atoms with Gasteiger partial charge in [0.1, 0.15) is 22.3 Å². The van der Waals surface area contributed by atoms with Gasteiger partial charge in [-0.05, 0) is 49.2 Å². The minimum atomic E-state index is -4.96. The van der Waals surface area contributed by atoms with E-state index < -0.39 is 36.0 Å². The van der Waals surface area contributed by atoms with Gasteiger partial charge < -0.3 is 9.84 Å². The molecule has 0 fully saturated rings. The molecule has 8 heteroatoms. The Morgan fingerprint density at radius 2 is 1.90 bits per heavy atom. The van der Waals surface area contributed by atoms with E-state index in [9.17, 15) is 22.7 Å². The van der Waals surface area contributed by atoms with Gasteiger partial charge in [0, 0.05) is 23.8 Å². The van der Waals surface area contributed by atoms with Gasteiger partial charge in [-0.25, -0.2) is 9.37 Å². The molecule has 0 spiro atoms. The summed E-state index contributed by atoms with van der Waals surface area (Å²) in [6.07, 6.45) is -6.51. The van der Waals surface area contributed by atoms with Crippen LogP contribution in [0.15, 0.2) is 42.5 Å². The molecule has 3 aromatic rings. The fourth-order valence-corrected chi connectivity index (χ4v) is 4.31. The van der Waals surface area contributed by atoms with E-state index >= 15 is 0 Å². The van der Waals surface area contributed by atoms with E-state index in [1.807, 2.05) is 0 Å². The normalized spacial score (nSPS) is 20.3. The number of aliphatic hydroxyl groups is 1. The number of nitrogens with zero attached hydrogens (tertiary/aromatic N) is 1. The van der Waals surface area contributed by atoms with E-state index in [1.54, 1.807) is 25.1 Å². The summed E-state index contributed by atoms with van der Waals surface area (Å²) >= 11 is 6.05. The number of hydrogen-bond acceptors (Lipinski definition) is 3. The number of halogens is 5. The largest absolute Gasteiger partial charge is 0.482 e. The lowest BCUT2D eigenvalue weighted by Gasteiger charge is -2.46. The van der Waals surface area contributed by atoms with Crippen LogP contribution >= 0.6 is 11.6 Å². The van der Waals surface area contributed by atoms with E-state index in [1.165, 1.54) is 25.1 Å². The van der Waals surface area contributed by atoms with Crippen molar-refractivity contribution >= 4 is 22.5 Å². The van der Waals surface area contributed by atoms with E-state index in [4.69, 9.17) is 16.3 Å². The molecule has 0 saturated carbocycles. The van der Waals surface area contributed by atoms with Crippen LogP contribution in [0.25, 0.3) is 10.9 Å². The van der Waals surface area contributed by atoms with E-state index in [0.29, 0.717) is 22.2 Å². The number of para-hydroxylation sites is 1. The van der Waals surface area contributed by atoms with Gasteiger partial charge in [-0.1, -0.05) is 29.8 Å². The SMILES string of the molecule is Cc1cccc2c(CC(O)(CC3(C)Oc4ccc(F)cc43)C(F)(F)F)cc(Cl)nc12. The molecule has 1 aliphatic rings. The van der Waals surface area contributed by atoms with Crippen molar-refractivity contribution < 1.29 is 27.4 Å². The predicted molar refractivity (Wildman–Crippen MR) is 105 cm³/mol. The van der Waals surface area contributed by atoms with E-state index in [-0.39, 0.29) is 10.7 Å². The number of rotatable bonds is 4. The summed E-state index contributed by atoms with van der Waals surface area (Å²) < 4.78 is 61.4. The third-order valence-electron chi connectivity index (χ3n) is 5.58. The Hall–Kier alpha value is -2.38. The van der Waals surface area contributed by atoms with Crippen LogP contribution in [0, 0.1) is 12.7 Å². The summed E-state index contributed by atoms with van der Waals surface area (Å²) in [4.78, 5) is 4.21. The van der Waals surface area contributed by atoms with Crippen molar-refractivity contribution in [2.24, 2.45) is 0 Å². The Morgan fingerprint density at radius 3 is 2.60 bits per heavy atom. The van der Waals surface area contributed by atoms with Crippen LogP contribution < -0.4 is 4.74 Å². The number of pyridine rings is 1. The second-order valence-electron chi connectivity index (χ2n) is 7.93. The molecule has 30 heavy (non-hydrogen) atoms. The van der Waals surface area contributed by atoms with Crippen LogP contribution in [0.3, 0.4) is 0 Å². The van der Waals surface area contributed by atoms with Crippen LogP contribution in [-0.2, 0) is 12.0 Å². The van der Waals surface area contributed by atoms with Crippen molar-refractivity contribution in [3.05, 3.63) is 70.1 Å². The van der Waals surface area contributed by atoms with Gasteiger partial charge in [0.2, 0.25) is 0 Å². The fourth-order valence-electron chi connectivity index (χ4n) is 4.10. The van der Waals surface area contributed by atoms with Crippen LogP contribution in [0.1, 0.15) is 30.0 Å². The molecule has 4 rings (SSSR count). The van der Waals surface area contributed by atoms with Gasteiger partial charge in [0.05, 0.1) is 5.52 Å². The third-order valence-corrected chi connectivity index (χ3v) is 5.78. The van der Waals surface area contributed by atoms with Crippen LogP contribution in [0.2, 0.25) is 5.15 Å². The second kappa shape index (κ2) is 6.82. The molecule has 2 atom stereocenters. The van der Waals surface area contributed by atoms with Gasteiger partial charge in [0.15, 0.2) is 5.60 Å². The molecule has 0 radical (unpaired) electrons. The van der Waals surface area contributed by atoms with Gasteiger partial charge in [-0.3, -0.25) is 0 Å². The van der Waals surface area contributed by atoms with Crippen LogP contribution in [-0.4, -0.2) is 21.9 Å². The molecule has 3 nitrogen and oxygen atoms in total. The molecule has 0 aliphatic carbocycles. The summed E-state index contributed by atoms with van der Waals surface area (Å²) in [5.41, 5.74) is -2.87. The van der Waals surface area contributed by atoms with Gasteiger partial charge in [-0.2, -0.15) is 13.2 Å². The number of alkyl halides is 3. The van der Waals surface area contributed by atoms with Gasteiger partial charge in [-0.15, -0.1) is 0 Å². The Bertz CT molecular complexity index is 1150. The minimum absolute atomic E-state index is 0.0369. The Kier molecular flexibility index (Phi) is 4.74. The maximum Gasteiger partial charge on any atom is 0.417 e. The third kappa shape index (κ3) is 3.40. The van der Waals surface area contributed by atoms with Crippen LogP contribution in [0.4, 0.5) is 17.6 Å². The zero-order chi connectivity index (χ0) is 21.9. The van der Waals surface area contributed by atoms with Crippen molar-refractivity contribution in [1.29, 1.82) is 0 Å². The van der Waals surface area contributed by atoms with Crippen molar-refractivity contribution in [3.63, 3.8) is 0 Å². The van der Waals surface area contributed by atoms with E-state index in [2.05, 4.69) is 4.98 Å². The highest BCUT2D eigenvalue weighted by molar-refractivity contribution is 6.30. The number of aromatic nitrogens is 1. The predicted octanol–water partition coefficient (Wildman–Crippen LogP) is 5.87. The highest BCUT2D eigenvalue weighted by Gasteiger charge is 2.59. The first-order valence-corrected chi connectivity index (χ1v) is 9.63. The average Bonchev–Trinajstić information content (AvgIpc) is 2.63. The molecule has 0 saturated heterocycles. The number of hydrogen-bond donors (Lipinski definition) is 1. The summed E-state index contributed by atoms with van der Waals surface area (Å²) in [6, 6.07) is 10.1. The minimum Gasteiger partial charge on any atom is -0.482 e. The molecule has 2 unspecified atom stereocenters. The molecule has 0 bridgehead atoms. The summed E-state index contributed by atoms with van der Waals surface area (Å²) in [5, 5.41) is 11.4. The Balaban J connectivity index is 1.76. The zero-order valence-electron chi connectivity index (χ0n) is 16.1. The van der Waals surface area contributed by atoms with Gasteiger partial charge >= 0.3 is 6.18 Å². The number of ether oxygens (including phenoxy) is 1. The summed E-state index contributed by atoms with van der Waals surface area (Å²) in [7, 11) is 0. The molecule has 1 N–H and O–H groups in total. The molecular formula is C22H18ClF4NO2. The Morgan fingerprint density at radius 1 is 1.17 bits per heavy atom. The molecule has 1 aliphatic heterocycles. The fraction of sp³-hybridized carbons (Fsp3) is 0.318. The quantitative estimate of drug-likeness (QED) is 0.408. The Labute approximate surface area is 175 Å². The lowest BCUT2D eigenvalue weighted by molar-refractivity contribution is -0.275. The lowest BCUT2D eigenvalue weighted by Crippen LogP contribution is -2.54. The first kappa shape index (κ1) is 20.9. The van der Waals surface area contributed by atoms with Crippen molar-refractivity contribution in [2.75, 3.05) is 0 Å². The molecule has 2 aromatic carbocycles. The second-order valence-corrected chi connectivity index (χ2v) is 8.32. The average molecular weight is 440 g/mol. The summed E-state index contributed by atoms with van der Waals surface area (Å²) in [5.74, 6) is -0.280. The molecule has 1 aromatic heterocycles. The maximum atomic E-state index is 14.1. The molecule has 158 valence electrons. The first-order valence-electron chi connectivity index (χ1n) is 9.25. The first-order chi connectivity index (χ1) is 13.9. The van der Waals surface area contributed by atoms with E-state index in [0.717, 1.165) is 11.6 Å². The zero-order valence-corrected chi connectivity index (χ0v) is 16.9. The number of aryl methyl sites for hydroxylation is 1. The number of benzene rings is 2. The highest BCUT2D eigenvalue weighted by atomic mass is 35.5.